The van der Waals surface area contributed by atoms with E-state index in [4.69, 9.17) is 37.9 Å². The molecule has 2 bridgehead atoms. The molecule has 2 aliphatic heterocycles. The summed E-state index contributed by atoms with van der Waals surface area (Å²) in [5, 5.41) is 48.3. The number of alkyl halides is 2. The first kappa shape index (κ1) is 69.9. The number of aliphatic hydroxyl groups excluding tert-OH is 3. The largest absolute Gasteiger partial charge is 0.464 e. The van der Waals surface area contributed by atoms with Gasteiger partial charge in [0.15, 0.2) is 23.6 Å². The second kappa shape index (κ2) is 28.6. The van der Waals surface area contributed by atoms with E-state index in [1.165, 1.54) is 73.5 Å². The number of carbonyl (C=O) groups excluding carboxylic acids is 8. The molecule has 0 spiro atoms. The van der Waals surface area contributed by atoms with Gasteiger partial charge in [-0.3, -0.25) is 33.3 Å². The summed E-state index contributed by atoms with van der Waals surface area (Å²) in [7, 11) is 2.74. The molecule has 2 saturated heterocycles. The topological polar surface area (TPSA) is 338 Å². The van der Waals surface area contributed by atoms with Crippen LogP contribution in [0.4, 0.5) is 8.78 Å². The van der Waals surface area contributed by atoms with Crippen LogP contribution in [0.2, 0.25) is 0 Å². The summed E-state index contributed by atoms with van der Waals surface area (Å²) in [4.78, 5) is 130. The Hall–Kier alpha value is -7.44. The Labute approximate surface area is 540 Å². The van der Waals surface area contributed by atoms with Crippen LogP contribution in [0.15, 0.2) is 119 Å². The quantitative estimate of drug-likeness (QED) is 0.0201. The van der Waals surface area contributed by atoms with Crippen LogP contribution in [0, 0.1) is 16.7 Å². The fourth-order valence-electron chi connectivity index (χ4n) is 13.3. The van der Waals surface area contributed by atoms with E-state index >= 15 is 9.59 Å². The van der Waals surface area contributed by atoms with Crippen molar-refractivity contribution in [3.63, 3.8) is 0 Å². The third kappa shape index (κ3) is 14.0. The Morgan fingerprint density at radius 2 is 1.47 bits per heavy atom. The van der Waals surface area contributed by atoms with Gasteiger partial charge in [-0.2, -0.15) is 13.8 Å². The number of Topliss-reactive ketones (excluding diaryl/α,β-unsaturated/α-hetero) is 1. The van der Waals surface area contributed by atoms with Gasteiger partial charge in [0.05, 0.1) is 48.3 Å². The normalized spacial score (nSPS) is 28.9. The lowest BCUT2D eigenvalue weighted by Crippen LogP contribution is -2.82. The molecule has 24 nitrogen and oxygen atoms in total. The number of nitrogens with zero attached hydrogens (tertiary/aromatic N) is 2. The minimum Gasteiger partial charge on any atom is -0.464 e. The minimum absolute atomic E-state index is 0.0130. The Morgan fingerprint density at radius 1 is 0.828 bits per heavy atom. The van der Waals surface area contributed by atoms with Crippen molar-refractivity contribution in [2.24, 2.45) is 16.7 Å². The molecule has 2 saturated carbocycles. The lowest BCUT2D eigenvalue weighted by atomic mass is 9.44. The molecule has 0 radical (unpaired) electrons. The molecule has 1 aromatic heterocycles. The van der Waals surface area contributed by atoms with Crippen LogP contribution in [-0.4, -0.2) is 175 Å². The zero-order valence-corrected chi connectivity index (χ0v) is 53.3. The Balaban J connectivity index is 0.945. The van der Waals surface area contributed by atoms with Crippen LogP contribution in [0.3, 0.4) is 0 Å². The van der Waals surface area contributed by atoms with Gasteiger partial charge < -0.3 is 63.6 Å². The van der Waals surface area contributed by atoms with Gasteiger partial charge in [0.2, 0.25) is 12.3 Å². The predicted octanol–water partition coefficient (Wildman–Crippen LogP) is 5.07. The number of nitrogens with one attached hydrogen (secondary N) is 1. The number of aromatic nitrogens is 2. The fraction of sp³-hybridized carbons (Fsp3) is 0.508. The number of carbonyl (C=O) groups is 8. The van der Waals surface area contributed by atoms with E-state index in [1.807, 2.05) is 0 Å². The zero-order chi connectivity index (χ0) is 67.4. The van der Waals surface area contributed by atoms with Crippen molar-refractivity contribution in [1.82, 2.24) is 14.9 Å². The molecule has 500 valence electrons. The van der Waals surface area contributed by atoms with Gasteiger partial charge in [0.1, 0.15) is 42.7 Å². The molecule has 9 rings (SSSR count). The average molecular weight is 1330 g/mol. The van der Waals surface area contributed by atoms with Crippen LogP contribution in [-0.2, 0) is 73.1 Å². The number of unbranched alkanes of at least 4 members (excludes halogenated alkanes) is 1. The van der Waals surface area contributed by atoms with E-state index in [1.54, 1.807) is 66.7 Å². The number of benzene rings is 3. The van der Waals surface area contributed by atoms with Crippen LogP contribution in [0.1, 0.15) is 118 Å². The van der Waals surface area contributed by atoms with Crippen molar-refractivity contribution in [2.45, 2.75) is 158 Å². The maximum atomic E-state index is 15.9. The first-order chi connectivity index (χ1) is 44.1. The fourth-order valence-corrected chi connectivity index (χ4v) is 15.2. The van der Waals surface area contributed by atoms with Crippen LogP contribution < -0.4 is 11.0 Å². The molecule has 4 aromatic rings. The van der Waals surface area contributed by atoms with Crippen molar-refractivity contribution < 1.29 is 105 Å². The molecular formula is C65H73F2N3O21S2. The highest BCUT2D eigenvalue weighted by atomic mass is 33.1. The SMILES string of the molecule is CC(=O)O[C@H]1C(=O)[C@@]2(C)[C@H]([C@H](OC(=O)c3ccccc3)[C@]3(O)CC(OC(=O)[C@H](OC(=O)CCCCSSCCOC(=O)Cc4ccn(C5OC(CO)C(O)C5(F)F)c(=O)n4)[C@@H](NC(=O)c4ccccc4)c4ccccc4)C(C)=C1C3(C)C)[C@]1(OC(C)=O)CO[C@@H]1C[C@@H]2O. The van der Waals surface area contributed by atoms with Crippen molar-refractivity contribution in [3.05, 3.63) is 147 Å². The maximum absolute atomic E-state index is 15.9. The number of halogens is 2. The number of ketones is 1. The van der Waals surface area contributed by atoms with E-state index in [2.05, 4.69) is 10.3 Å². The highest BCUT2D eigenvalue weighted by molar-refractivity contribution is 8.76. The highest BCUT2D eigenvalue weighted by Crippen LogP contribution is 2.64. The molecular weight excluding hydrogens is 1260 g/mol. The number of amides is 1. The van der Waals surface area contributed by atoms with Crippen LogP contribution in [0.5, 0.6) is 0 Å². The summed E-state index contributed by atoms with van der Waals surface area (Å²) in [5.74, 6) is -12.0. The van der Waals surface area contributed by atoms with Gasteiger partial charge in [0.25, 0.3) is 5.91 Å². The molecule has 28 heteroatoms. The molecule has 1 amide bonds. The van der Waals surface area contributed by atoms with Gasteiger partial charge in [-0.05, 0) is 73.7 Å². The smallest absolute Gasteiger partial charge is 0.350 e. The van der Waals surface area contributed by atoms with E-state index in [9.17, 15) is 62.8 Å². The number of fused-ring (bicyclic) bond motifs is 5. The van der Waals surface area contributed by atoms with E-state index in [0.717, 1.165) is 26.1 Å². The molecule has 93 heavy (non-hydrogen) atoms. The summed E-state index contributed by atoms with van der Waals surface area (Å²) < 4.78 is 77.1. The Bertz CT molecular complexity index is 3550. The zero-order valence-electron chi connectivity index (χ0n) is 51.6. The first-order valence-corrected chi connectivity index (χ1v) is 32.6. The van der Waals surface area contributed by atoms with Gasteiger partial charge in [0, 0.05) is 61.8 Å². The molecule has 5 N–H and O–H groups in total. The van der Waals surface area contributed by atoms with Gasteiger partial charge >= 0.3 is 47.4 Å². The third-order valence-electron chi connectivity index (χ3n) is 18.1. The molecule has 3 aliphatic carbocycles. The second-order valence-corrected chi connectivity index (χ2v) is 27.0. The summed E-state index contributed by atoms with van der Waals surface area (Å²) in [6.45, 7) is 6.74. The van der Waals surface area contributed by atoms with Crippen molar-refractivity contribution in [2.75, 3.05) is 31.3 Å². The Morgan fingerprint density at radius 3 is 2.08 bits per heavy atom. The number of aliphatic hydroxyl groups is 4. The molecule has 4 unspecified atom stereocenters. The lowest BCUT2D eigenvalue weighted by molar-refractivity contribution is -0.346. The van der Waals surface area contributed by atoms with Crippen LogP contribution in [0.25, 0.3) is 0 Å². The monoisotopic (exact) mass is 1330 g/mol. The summed E-state index contributed by atoms with van der Waals surface area (Å²) in [6, 6.07) is 23.5. The number of ether oxygens (including phenoxy) is 8. The average Bonchev–Trinajstić information content (AvgIpc) is 1.02. The summed E-state index contributed by atoms with van der Waals surface area (Å²) in [5.41, 5.74) is -9.07. The highest BCUT2D eigenvalue weighted by Gasteiger charge is 2.78. The van der Waals surface area contributed by atoms with Gasteiger partial charge in [-0.25, -0.2) is 14.4 Å². The molecule has 5 aliphatic rings. The summed E-state index contributed by atoms with van der Waals surface area (Å²) >= 11 is 0. The number of hydrogen-bond acceptors (Lipinski definition) is 24. The first-order valence-electron chi connectivity index (χ1n) is 30.1. The predicted molar refractivity (Wildman–Crippen MR) is 325 cm³/mol. The van der Waals surface area contributed by atoms with Crippen LogP contribution >= 0.6 is 21.6 Å². The van der Waals surface area contributed by atoms with E-state index in [-0.39, 0.29) is 60.4 Å². The van der Waals surface area contributed by atoms with E-state index in [0.29, 0.717) is 28.1 Å². The van der Waals surface area contributed by atoms with Gasteiger partial charge in [-0.1, -0.05) is 102 Å². The minimum atomic E-state index is -3.92. The number of rotatable bonds is 24. The summed E-state index contributed by atoms with van der Waals surface area (Å²) in [6.07, 6.45) is -16.5. The molecule has 3 aromatic carbocycles. The number of esters is 6. The van der Waals surface area contributed by atoms with Gasteiger partial charge in [-0.15, -0.1) is 0 Å². The lowest BCUT2D eigenvalue weighted by Gasteiger charge is -2.67. The van der Waals surface area contributed by atoms with E-state index < -0.39 is 168 Å². The van der Waals surface area contributed by atoms with Crippen molar-refractivity contribution in [3.8, 4) is 0 Å². The molecule has 14 atom stereocenters. The number of hydrogen-bond donors (Lipinski definition) is 5. The maximum Gasteiger partial charge on any atom is 0.350 e. The standard InChI is InChI=1S/C65H73F2N3O21S2/c1-35-42(32-64(83)55(90-57(80)40-22-14-9-15-23-40)52-62(6,44(74)31-45-63(52,34-85-45)91-37(3)73)54(78)50(86-36(2)72)48(35)61(64,4)5)87-58(81)51(49(38-18-10-7-11-19-38)69-56(79)39-20-12-8-13-21-39)89-46(75)24-16-17-28-92-93-29-27-84-47(76)30-41-25-26-70(60(82)68-41)59-65(66,67)53(77)43(33-71)88-59/h7-15,18-23,25-26,42-45,49-53,55,59,71,74,77,83H,16-17,24,27-34H2,1-6H3,(H,69,79)/t42?,43?,44-,45+,49-,50+,51+,52-,53?,55-,59?,62+,63-,64+/m0/s1. The van der Waals surface area contributed by atoms with Crippen molar-refractivity contribution in [1.29, 1.82) is 0 Å². The third-order valence-corrected chi connectivity index (χ3v) is 20.6. The molecule has 3 heterocycles. The molecule has 4 fully saturated rings. The Kier molecular flexibility index (Phi) is 21.5. The van der Waals surface area contributed by atoms with Crippen molar-refractivity contribution >= 4 is 69.1 Å². The second-order valence-electron chi connectivity index (χ2n) is 24.3.